The van der Waals surface area contributed by atoms with E-state index >= 15 is 0 Å². The molecule has 2 heterocycles. The Morgan fingerprint density at radius 1 is 1.12 bits per heavy atom. The number of carbonyl (C=O) groups excluding carboxylic acids is 1. The van der Waals surface area contributed by atoms with E-state index in [-0.39, 0.29) is 23.0 Å². The van der Waals surface area contributed by atoms with E-state index in [0.717, 1.165) is 19.3 Å². The van der Waals surface area contributed by atoms with Gasteiger partial charge in [0.25, 0.3) is 5.89 Å². The molecule has 168 valence electrons. The summed E-state index contributed by atoms with van der Waals surface area (Å²) in [5.74, 6) is -0.194. The Labute approximate surface area is 191 Å². The summed E-state index contributed by atoms with van der Waals surface area (Å²) < 4.78 is 37.8. The van der Waals surface area contributed by atoms with Gasteiger partial charge in [-0.2, -0.15) is 9.29 Å². The molecule has 0 unspecified atom stereocenters. The van der Waals surface area contributed by atoms with Gasteiger partial charge in [-0.3, -0.25) is 0 Å². The molecular formula is C22H22ClN3O5S. The van der Waals surface area contributed by atoms with E-state index in [1.807, 2.05) is 0 Å². The minimum absolute atomic E-state index is 0.0831. The van der Waals surface area contributed by atoms with Gasteiger partial charge in [0.05, 0.1) is 10.5 Å². The number of nitrogens with zero attached hydrogens (tertiary/aromatic N) is 3. The second-order valence-corrected chi connectivity index (χ2v) is 9.91. The highest BCUT2D eigenvalue weighted by atomic mass is 35.5. The number of piperidine rings is 1. The van der Waals surface area contributed by atoms with Gasteiger partial charge in [-0.1, -0.05) is 29.2 Å². The molecule has 2 aromatic carbocycles. The lowest BCUT2D eigenvalue weighted by Gasteiger charge is -2.26. The van der Waals surface area contributed by atoms with Crippen molar-refractivity contribution >= 4 is 27.6 Å². The molecule has 4 rings (SSSR count). The number of ether oxygens (including phenoxy) is 1. The number of aryl methyl sites for hydroxylation is 1. The third kappa shape index (κ3) is 4.85. The summed E-state index contributed by atoms with van der Waals surface area (Å²) in [6.07, 6.45) is 2.69. The molecule has 0 amide bonds. The fourth-order valence-corrected chi connectivity index (χ4v) is 5.14. The Hall–Kier alpha value is -2.75. The number of sulfonamides is 1. The molecule has 1 fully saturated rings. The maximum absolute atomic E-state index is 12.9. The zero-order valence-electron chi connectivity index (χ0n) is 17.5. The number of hydrogen-bond donors (Lipinski definition) is 0. The lowest BCUT2D eigenvalue weighted by Crippen LogP contribution is -2.35. The third-order valence-electron chi connectivity index (χ3n) is 5.28. The van der Waals surface area contributed by atoms with E-state index in [9.17, 15) is 13.2 Å². The number of carbonyl (C=O) groups is 1. The van der Waals surface area contributed by atoms with Gasteiger partial charge in [-0.15, -0.1) is 0 Å². The predicted molar refractivity (Wildman–Crippen MR) is 118 cm³/mol. The van der Waals surface area contributed by atoms with Crippen LogP contribution >= 0.6 is 11.6 Å². The first-order valence-corrected chi connectivity index (χ1v) is 12.0. The Morgan fingerprint density at radius 2 is 1.84 bits per heavy atom. The Morgan fingerprint density at radius 3 is 2.56 bits per heavy atom. The molecule has 3 aromatic rings. The molecule has 0 saturated carbocycles. The summed E-state index contributed by atoms with van der Waals surface area (Å²) in [5.41, 5.74) is 1.50. The molecule has 1 aliphatic heterocycles. The monoisotopic (exact) mass is 475 g/mol. The molecule has 0 atom stereocenters. The van der Waals surface area contributed by atoms with Gasteiger partial charge in [-0.05, 0) is 61.7 Å². The Balaban J connectivity index is 1.47. The number of hydrogen-bond acceptors (Lipinski definition) is 7. The van der Waals surface area contributed by atoms with Crippen LogP contribution in [0.15, 0.2) is 51.9 Å². The van der Waals surface area contributed by atoms with Crippen LogP contribution in [0.1, 0.15) is 41.1 Å². The first-order chi connectivity index (χ1) is 15.3. The van der Waals surface area contributed by atoms with E-state index in [0.29, 0.717) is 35.1 Å². The molecule has 1 aliphatic rings. The van der Waals surface area contributed by atoms with Crippen molar-refractivity contribution in [3.8, 4) is 11.4 Å². The minimum atomic E-state index is -3.66. The van der Waals surface area contributed by atoms with Crippen molar-refractivity contribution in [2.75, 3.05) is 13.1 Å². The Kier molecular flexibility index (Phi) is 6.59. The second kappa shape index (κ2) is 9.40. The molecule has 10 heteroatoms. The van der Waals surface area contributed by atoms with Gasteiger partial charge in [0, 0.05) is 23.7 Å². The number of rotatable bonds is 6. The van der Waals surface area contributed by atoms with Crippen LogP contribution in [0.25, 0.3) is 11.4 Å². The van der Waals surface area contributed by atoms with Crippen LogP contribution < -0.4 is 0 Å². The molecule has 8 nitrogen and oxygen atoms in total. The lowest BCUT2D eigenvalue weighted by atomic mass is 10.1. The number of esters is 1. The first kappa shape index (κ1) is 22.4. The van der Waals surface area contributed by atoms with Gasteiger partial charge in [-0.25, -0.2) is 13.2 Å². The minimum Gasteiger partial charge on any atom is -0.452 e. The van der Waals surface area contributed by atoms with Gasteiger partial charge in [0.2, 0.25) is 15.8 Å². The van der Waals surface area contributed by atoms with E-state index in [1.54, 1.807) is 37.3 Å². The largest absolute Gasteiger partial charge is 0.452 e. The average Bonchev–Trinajstić information content (AvgIpc) is 3.28. The molecule has 32 heavy (non-hydrogen) atoms. The Bertz CT molecular complexity index is 1220. The zero-order chi connectivity index (χ0) is 22.7. The fourth-order valence-electron chi connectivity index (χ4n) is 3.47. The smallest absolute Gasteiger partial charge is 0.338 e. The van der Waals surface area contributed by atoms with E-state index in [1.165, 1.54) is 16.4 Å². The van der Waals surface area contributed by atoms with Crippen LogP contribution in [-0.4, -0.2) is 41.9 Å². The topological polar surface area (TPSA) is 103 Å². The number of aromatic nitrogens is 2. The molecular weight excluding hydrogens is 454 g/mol. The number of halogens is 1. The molecule has 0 N–H and O–H groups in total. The lowest BCUT2D eigenvalue weighted by molar-refractivity contribution is 0.0428. The molecule has 1 aromatic heterocycles. The second-order valence-electron chi connectivity index (χ2n) is 7.54. The van der Waals surface area contributed by atoms with E-state index in [4.69, 9.17) is 20.9 Å². The van der Waals surface area contributed by atoms with Crippen LogP contribution in [-0.2, 0) is 21.4 Å². The number of benzene rings is 2. The molecule has 0 spiro atoms. The van der Waals surface area contributed by atoms with Gasteiger partial charge in [0.15, 0.2) is 6.61 Å². The highest BCUT2D eigenvalue weighted by Gasteiger charge is 2.27. The van der Waals surface area contributed by atoms with Crippen molar-refractivity contribution in [1.82, 2.24) is 14.4 Å². The summed E-state index contributed by atoms with van der Waals surface area (Å²) in [5, 5.41) is 4.47. The third-order valence-corrected chi connectivity index (χ3v) is 7.43. The summed E-state index contributed by atoms with van der Waals surface area (Å²) in [4.78, 5) is 17.0. The zero-order valence-corrected chi connectivity index (χ0v) is 19.0. The van der Waals surface area contributed by atoms with Gasteiger partial charge < -0.3 is 9.26 Å². The van der Waals surface area contributed by atoms with E-state index in [2.05, 4.69) is 10.1 Å². The summed E-state index contributed by atoms with van der Waals surface area (Å²) >= 11 is 5.88. The first-order valence-electron chi connectivity index (χ1n) is 10.2. The van der Waals surface area contributed by atoms with Crippen molar-refractivity contribution in [2.24, 2.45) is 0 Å². The van der Waals surface area contributed by atoms with Gasteiger partial charge in [0.1, 0.15) is 0 Å². The SMILES string of the molecule is Cc1ccc(S(=O)(=O)N2CCCCC2)cc1C(=O)OCc1nc(-c2ccc(Cl)cc2)no1. The highest BCUT2D eigenvalue weighted by Crippen LogP contribution is 2.24. The maximum atomic E-state index is 12.9. The standard InChI is InChI=1S/C22H22ClN3O5S/c1-15-5-10-18(32(28,29)26-11-3-2-4-12-26)13-19(15)22(27)30-14-20-24-21(25-31-20)16-6-8-17(23)9-7-16/h5-10,13H,2-4,11-12,14H2,1H3. The fraction of sp³-hybridized carbons (Fsp3) is 0.318. The summed E-state index contributed by atoms with van der Waals surface area (Å²) in [7, 11) is -3.66. The van der Waals surface area contributed by atoms with Crippen molar-refractivity contribution in [2.45, 2.75) is 37.7 Å². The van der Waals surface area contributed by atoms with Gasteiger partial charge >= 0.3 is 5.97 Å². The molecule has 0 radical (unpaired) electrons. The van der Waals surface area contributed by atoms with Crippen LogP contribution in [0.4, 0.5) is 0 Å². The summed E-state index contributed by atoms with van der Waals surface area (Å²) in [6.45, 7) is 2.47. The summed E-state index contributed by atoms with van der Waals surface area (Å²) in [6, 6.07) is 11.4. The quantitative estimate of drug-likeness (QED) is 0.491. The van der Waals surface area contributed by atoms with E-state index < -0.39 is 16.0 Å². The predicted octanol–water partition coefficient (Wildman–Crippen LogP) is 4.23. The molecule has 0 aliphatic carbocycles. The van der Waals surface area contributed by atoms with Crippen LogP contribution in [0.3, 0.4) is 0 Å². The van der Waals surface area contributed by atoms with Crippen LogP contribution in [0, 0.1) is 6.92 Å². The molecule has 0 bridgehead atoms. The highest BCUT2D eigenvalue weighted by molar-refractivity contribution is 7.89. The van der Waals surface area contributed by atoms with Crippen molar-refractivity contribution in [3.63, 3.8) is 0 Å². The average molecular weight is 476 g/mol. The van der Waals surface area contributed by atoms with Crippen molar-refractivity contribution in [1.29, 1.82) is 0 Å². The van der Waals surface area contributed by atoms with Crippen molar-refractivity contribution in [3.05, 3.63) is 64.5 Å². The molecule has 1 saturated heterocycles. The van der Waals surface area contributed by atoms with Crippen LogP contribution in [0.2, 0.25) is 5.02 Å². The maximum Gasteiger partial charge on any atom is 0.338 e. The normalized spacial score (nSPS) is 14.9. The van der Waals surface area contributed by atoms with Crippen molar-refractivity contribution < 1.29 is 22.5 Å². The van der Waals surface area contributed by atoms with Crippen LogP contribution in [0.5, 0.6) is 0 Å².